The van der Waals surface area contributed by atoms with Crippen LogP contribution in [-0.2, 0) is 28.7 Å². The zero-order valence-corrected chi connectivity index (χ0v) is 24.1. The van der Waals surface area contributed by atoms with Crippen LogP contribution in [0.25, 0.3) is 0 Å². The maximum absolute atomic E-state index is 13.6. The van der Waals surface area contributed by atoms with Gasteiger partial charge in [0, 0.05) is 17.7 Å². The van der Waals surface area contributed by atoms with Crippen LogP contribution in [0.1, 0.15) is 42.7 Å². The fourth-order valence-electron chi connectivity index (χ4n) is 3.53. The number of nitrogens with zero attached hydrogens (tertiary/aromatic N) is 1. The summed E-state index contributed by atoms with van der Waals surface area (Å²) < 4.78 is 4.41. The number of amides is 4. The number of ether oxygens (including phenoxy) is 1. The van der Waals surface area contributed by atoms with Gasteiger partial charge in [0.05, 0.1) is 17.8 Å². The molecule has 42 heavy (non-hydrogen) atoms. The molecule has 0 unspecified atom stereocenters. The number of nitrogen functional groups attached to an aromatic ring is 1. The molecule has 4 amide bonds. The van der Waals surface area contributed by atoms with Crippen LogP contribution in [0.15, 0.2) is 60.7 Å². The van der Waals surface area contributed by atoms with E-state index in [0.29, 0.717) is 10.6 Å². The number of esters is 1. The SMILES string of the molecule is COC(=O)/C=C/C(=O)N(CC(=O)O)NC(=O)[C@H](NC(=O)[C@@H](NC(=O)c1ccc(N)c(Cl)c1)C(C)(C)C)c1ccccc1. The van der Waals surface area contributed by atoms with Gasteiger partial charge in [0.2, 0.25) is 5.91 Å². The number of carbonyl (C=O) groups excluding carboxylic acids is 5. The molecule has 0 aliphatic heterocycles. The van der Waals surface area contributed by atoms with Gasteiger partial charge in [-0.3, -0.25) is 29.4 Å². The monoisotopic (exact) mass is 601 g/mol. The standard InChI is InChI=1S/C28H32ClN5O8/c1-28(2,3)24(32-25(39)17-10-11-19(30)18(29)14-17)27(41)31-23(16-8-6-5-7-9-16)26(40)33-34(15-21(36)37)20(35)12-13-22(38)42-4/h5-14,23-24H,15,30H2,1-4H3,(H,31,41)(H,32,39)(H,33,40)(H,36,37)/b13-12+/t23-,24-/m1/s1. The zero-order valence-electron chi connectivity index (χ0n) is 23.3. The molecule has 0 aliphatic carbocycles. The molecule has 0 bridgehead atoms. The van der Waals surface area contributed by atoms with Gasteiger partial charge >= 0.3 is 11.9 Å². The average molecular weight is 602 g/mol. The molecule has 0 heterocycles. The first-order chi connectivity index (χ1) is 19.6. The second-order valence-electron chi connectivity index (χ2n) is 10.0. The number of methoxy groups -OCH3 is 1. The molecule has 0 saturated carbocycles. The lowest BCUT2D eigenvalue weighted by Gasteiger charge is -2.32. The van der Waals surface area contributed by atoms with E-state index >= 15 is 0 Å². The van der Waals surface area contributed by atoms with Crippen molar-refractivity contribution >= 4 is 52.9 Å². The number of hydrazine groups is 1. The van der Waals surface area contributed by atoms with E-state index < -0.39 is 59.6 Å². The van der Waals surface area contributed by atoms with Gasteiger partial charge < -0.3 is 26.2 Å². The molecule has 6 N–H and O–H groups in total. The molecule has 0 fully saturated rings. The number of halogens is 1. The molecule has 2 aromatic rings. The number of nitrogens with two attached hydrogens (primary N) is 1. The molecule has 14 heteroatoms. The quantitative estimate of drug-likeness (QED) is 0.116. The van der Waals surface area contributed by atoms with Crippen LogP contribution in [0.4, 0.5) is 5.69 Å². The Morgan fingerprint density at radius 2 is 1.64 bits per heavy atom. The Hall–Kier alpha value is -4.91. The molecule has 2 atom stereocenters. The second kappa shape index (κ2) is 14.6. The van der Waals surface area contributed by atoms with Gasteiger partial charge in [-0.1, -0.05) is 62.7 Å². The second-order valence-corrected chi connectivity index (χ2v) is 10.4. The number of carboxylic acid groups (broad SMARTS) is 1. The summed E-state index contributed by atoms with van der Waals surface area (Å²) >= 11 is 6.04. The number of benzene rings is 2. The van der Waals surface area contributed by atoms with Crippen LogP contribution in [0.5, 0.6) is 0 Å². The van der Waals surface area contributed by atoms with E-state index in [-0.39, 0.29) is 16.3 Å². The topological polar surface area (TPSA) is 197 Å². The van der Waals surface area contributed by atoms with Crippen molar-refractivity contribution in [2.24, 2.45) is 5.41 Å². The summed E-state index contributed by atoms with van der Waals surface area (Å²) in [5.41, 5.74) is 7.76. The molecule has 0 spiro atoms. The van der Waals surface area contributed by atoms with Crippen molar-refractivity contribution in [3.8, 4) is 0 Å². The average Bonchev–Trinajstić information content (AvgIpc) is 2.93. The summed E-state index contributed by atoms with van der Waals surface area (Å²) in [5.74, 6) is -5.73. The first-order valence-electron chi connectivity index (χ1n) is 12.4. The van der Waals surface area contributed by atoms with Crippen LogP contribution >= 0.6 is 11.6 Å². The molecule has 13 nitrogen and oxygen atoms in total. The minimum atomic E-state index is -1.46. The van der Waals surface area contributed by atoms with Crippen molar-refractivity contribution in [1.82, 2.24) is 21.1 Å². The van der Waals surface area contributed by atoms with Gasteiger partial charge in [-0.25, -0.2) is 9.80 Å². The third-order valence-corrected chi connectivity index (χ3v) is 6.04. The van der Waals surface area contributed by atoms with Crippen molar-refractivity contribution in [2.45, 2.75) is 32.9 Å². The predicted molar refractivity (Wildman–Crippen MR) is 153 cm³/mol. The Morgan fingerprint density at radius 1 is 1.00 bits per heavy atom. The third kappa shape index (κ3) is 9.63. The van der Waals surface area contributed by atoms with Crippen molar-refractivity contribution in [1.29, 1.82) is 0 Å². The number of anilines is 1. The predicted octanol–water partition coefficient (Wildman–Crippen LogP) is 1.60. The number of carboxylic acids is 1. The molecule has 0 aromatic heterocycles. The maximum atomic E-state index is 13.6. The summed E-state index contributed by atoms with van der Waals surface area (Å²) in [7, 11) is 1.08. The Balaban J connectivity index is 2.37. The van der Waals surface area contributed by atoms with Gasteiger partial charge in [0.25, 0.3) is 17.7 Å². The van der Waals surface area contributed by atoms with E-state index in [1.165, 1.54) is 30.3 Å². The van der Waals surface area contributed by atoms with Crippen molar-refractivity contribution in [3.63, 3.8) is 0 Å². The molecular formula is C28H32ClN5O8. The smallest absolute Gasteiger partial charge is 0.330 e. The summed E-state index contributed by atoms with van der Waals surface area (Å²) in [5, 5.41) is 15.1. The summed E-state index contributed by atoms with van der Waals surface area (Å²) in [6.07, 6.45) is 1.48. The van der Waals surface area contributed by atoms with E-state index in [1.807, 2.05) is 0 Å². The van der Waals surface area contributed by atoms with E-state index in [2.05, 4.69) is 20.8 Å². The lowest BCUT2D eigenvalue weighted by atomic mass is 9.85. The van der Waals surface area contributed by atoms with Crippen LogP contribution in [-0.4, -0.2) is 65.4 Å². The Labute approximate surface area is 247 Å². The molecular weight excluding hydrogens is 570 g/mol. The van der Waals surface area contributed by atoms with Crippen LogP contribution in [0, 0.1) is 5.41 Å². The largest absolute Gasteiger partial charge is 0.480 e. The zero-order chi connectivity index (χ0) is 31.6. The van der Waals surface area contributed by atoms with Crippen LogP contribution in [0.3, 0.4) is 0 Å². The third-order valence-electron chi connectivity index (χ3n) is 5.72. The van der Waals surface area contributed by atoms with Gasteiger partial charge in [-0.2, -0.15) is 0 Å². The normalized spacial score (nSPS) is 12.5. The van der Waals surface area contributed by atoms with Gasteiger partial charge in [-0.15, -0.1) is 0 Å². The molecule has 224 valence electrons. The Bertz CT molecular complexity index is 1370. The highest BCUT2D eigenvalue weighted by Crippen LogP contribution is 2.24. The van der Waals surface area contributed by atoms with Crippen molar-refractivity contribution in [2.75, 3.05) is 19.4 Å². The van der Waals surface area contributed by atoms with Gasteiger partial charge in [0.15, 0.2) is 0 Å². The number of hydrogen-bond donors (Lipinski definition) is 5. The summed E-state index contributed by atoms with van der Waals surface area (Å²) in [4.78, 5) is 75.3. The fraction of sp³-hybridized carbons (Fsp3) is 0.286. The Morgan fingerprint density at radius 3 is 2.19 bits per heavy atom. The number of hydrogen-bond acceptors (Lipinski definition) is 8. The highest BCUT2D eigenvalue weighted by Gasteiger charge is 2.36. The summed E-state index contributed by atoms with van der Waals surface area (Å²) in [6, 6.07) is 9.60. The van der Waals surface area contributed by atoms with E-state index in [0.717, 1.165) is 19.3 Å². The van der Waals surface area contributed by atoms with Crippen molar-refractivity contribution in [3.05, 3.63) is 76.8 Å². The first kappa shape index (κ1) is 33.3. The molecule has 0 radical (unpaired) electrons. The Kier molecular flexibility index (Phi) is 11.6. The highest BCUT2D eigenvalue weighted by molar-refractivity contribution is 6.33. The number of carbonyl (C=O) groups is 6. The lowest BCUT2D eigenvalue weighted by molar-refractivity contribution is -0.148. The van der Waals surface area contributed by atoms with Gasteiger partial charge in [0.1, 0.15) is 18.6 Å². The minimum absolute atomic E-state index is 0.149. The summed E-state index contributed by atoms with van der Waals surface area (Å²) in [6.45, 7) is 4.14. The maximum Gasteiger partial charge on any atom is 0.330 e. The lowest BCUT2D eigenvalue weighted by Crippen LogP contribution is -2.57. The van der Waals surface area contributed by atoms with E-state index in [1.54, 1.807) is 39.0 Å². The first-order valence-corrected chi connectivity index (χ1v) is 12.8. The van der Waals surface area contributed by atoms with E-state index in [4.69, 9.17) is 17.3 Å². The van der Waals surface area contributed by atoms with Crippen LogP contribution in [0.2, 0.25) is 5.02 Å². The van der Waals surface area contributed by atoms with Crippen molar-refractivity contribution < 1.29 is 38.6 Å². The highest BCUT2D eigenvalue weighted by atomic mass is 35.5. The molecule has 0 aliphatic rings. The fourth-order valence-corrected chi connectivity index (χ4v) is 3.71. The van der Waals surface area contributed by atoms with Gasteiger partial charge in [-0.05, 0) is 29.2 Å². The number of aliphatic carboxylic acids is 1. The molecule has 2 rings (SSSR count). The number of nitrogens with one attached hydrogen (secondary N) is 3. The van der Waals surface area contributed by atoms with E-state index in [9.17, 15) is 33.9 Å². The minimum Gasteiger partial charge on any atom is -0.480 e. The molecule has 2 aromatic carbocycles. The van der Waals surface area contributed by atoms with Crippen LogP contribution < -0.4 is 21.8 Å². The molecule has 0 saturated heterocycles. The number of rotatable bonds is 10.